The fourth-order valence-corrected chi connectivity index (χ4v) is 2.92. The molecule has 0 fully saturated rings. The van der Waals surface area contributed by atoms with E-state index in [9.17, 15) is 4.79 Å². The summed E-state index contributed by atoms with van der Waals surface area (Å²) < 4.78 is 0.919. The van der Waals surface area contributed by atoms with Crippen molar-refractivity contribution in [3.8, 4) is 0 Å². The van der Waals surface area contributed by atoms with Crippen molar-refractivity contribution >= 4 is 44.6 Å². The van der Waals surface area contributed by atoms with Gasteiger partial charge in [0.2, 0.25) is 0 Å². The Kier molecular flexibility index (Phi) is 4.24. The highest BCUT2D eigenvalue weighted by Crippen LogP contribution is 2.29. The zero-order valence-electron chi connectivity index (χ0n) is 9.76. The topological polar surface area (TPSA) is 50.2 Å². The van der Waals surface area contributed by atoms with E-state index in [0.717, 1.165) is 20.3 Å². The number of halogens is 1. The quantitative estimate of drug-likeness (QED) is 0.864. The molecule has 5 heteroatoms. The van der Waals surface area contributed by atoms with Crippen molar-refractivity contribution in [2.24, 2.45) is 0 Å². The van der Waals surface area contributed by atoms with Crippen molar-refractivity contribution in [3.63, 3.8) is 0 Å². The molecule has 1 aromatic heterocycles. The van der Waals surface area contributed by atoms with E-state index in [1.54, 1.807) is 6.20 Å². The number of fused-ring (bicyclic) bond motifs is 1. The Morgan fingerprint density at radius 3 is 2.94 bits per heavy atom. The van der Waals surface area contributed by atoms with Crippen LogP contribution < -0.4 is 0 Å². The third-order valence-electron chi connectivity index (χ3n) is 2.54. The van der Waals surface area contributed by atoms with Gasteiger partial charge in [-0.15, -0.1) is 11.8 Å². The minimum absolute atomic E-state index is 0.400. The second kappa shape index (κ2) is 5.71. The molecule has 18 heavy (non-hydrogen) atoms. The van der Waals surface area contributed by atoms with E-state index in [1.807, 2.05) is 31.2 Å². The lowest BCUT2D eigenvalue weighted by molar-refractivity contribution is -0.136. The van der Waals surface area contributed by atoms with Gasteiger partial charge < -0.3 is 5.11 Å². The Balaban J connectivity index is 2.31. The molecule has 1 atom stereocenters. The standard InChI is InChI=1S/C13H12BrNO2S/c1-2-12(13(16)17)18-10-3-4-11-8(6-10)5-9(14)7-15-11/h3-7,12H,2H2,1H3,(H,16,17). The molecule has 0 aliphatic carbocycles. The summed E-state index contributed by atoms with van der Waals surface area (Å²) in [4.78, 5) is 16.3. The van der Waals surface area contributed by atoms with Gasteiger partial charge in [0.05, 0.1) is 5.52 Å². The molecule has 1 unspecified atom stereocenters. The largest absolute Gasteiger partial charge is 0.480 e. The van der Waals surface area contributed by atoms with Crippen LogP contribution in [0.5, 0.6) is 0 Å². The first-order valence-electron chi connectivity index (χ1n) is 5.55. The molecule has 0 bridgehead atoms. The van der Waals surface area contributed by atoms with E-state index in [2.05, 4.69) is 20.9 Å². The van der Waals surface area contributed by atoms with Crippen molar-refractivity contribution in [1.82, 2.24) is 4.98 Å². The third kappa shape index (κ3) is 3.03. The number of carboxylic acid groups (broad SMARTS) is 1. The molecular formula is C13H12BrNO2S. The highest BCUT2D eigenvalue weighted by Gasteiger charge is 2.16. The van der Waals surface area contributed by atoms with Crippen LogP contribution in [0, 0.1) is 0 Å². The Hall–Kier alpha value is -1.07. The highest BCUT2D eigenvalue weighted by molar-refractivity contribution is 9.10. The van der Waals surface area contributed by atoms with Gasteiger partial charge in [0.15, 0.2) is 0 Å². The summed E-state index contributed by atoms with van der Waals surface area (Å²) in [6.07, 6.45) is 2.36. The number of rotatable bonds is 4. The van der Waals surface area contributed by atoms with Crippen LogP contribution in [0.1, 0.15) is 13.3 Å². The maximum atomic E-state index is 11.0. The lowest BCUT2D eigenvalue weighted by Crippen LogP contribution is -2.14. The van der Waals surface area contributed by atoms with Crippen LogP contribution in [0.2, 0.25) is 0 Å². The van der Waals surface area contributed by atoms with Gasteiger partial charge in [-0.1, -0.05) is 6.92 Å². The van der Waals surface area contributed by atoms with Crippen molar-refractivity contribution in [1.29, 1.82) is 0 Å². The van der Waals surface area contributed by atoms with Gasteiger partial charge in [-0.3, -0.25) is 9.78 Å². The van der Waals surface area contributed by atoms with Gasteiger partial charge in [-0.05, 0) is 46.6 Å². The van der Waals surface area contributed by atoms with Crippen LogP contribution in [0.4, 0.5) is 0 Å². The molecular weight excluding hydrogens is 314 g/mol. The number of thioether (sulfide) groups is 1. The molecule has 0 amide bonds. The van der Waals surface area contributed by atoms with Crippen LogP contribution in [-0.2, 0) is 4.79 Å². The number of benzene rings is 1. The van der Waals surface area contributed by atoms with Crippen molar-refractivity contribution < 1.29 is 9.90 Å². The molecule has 0 saturated heterocycles. The summed E-state index contributed by atoms with van der Waals surface area (Å²) in [5.74, 6) is -0.769. The Morgan fingerprint density at radius 1 is 1.50 bits per heavy atom. The predicted molar refractivity (Wildman–Crippen MR) is 77.0 cm³/mol. The van der Waals surface area contributed by atoms with Crippen molar-refractivity contribution in [2.45, 2.75) is 23.5 Å². The van der Waals surface area contributed by atoms with E-state index in [4.69, 9.17) is 5.11 Å². The zero-order valence-corrected chi connectivity index (χ0v) is 12.2. The summed E-state index contributed by atoms with van der Waals surface area (Å²) >= 11 is 4.76. The van der Waals surface area contributed by atoms with Crippen molar-refractivity contribution in [3.05, 3.63) is 34.9 Å². The van der Waals surface area contributed by atoms with E-state index < -0.39 is 11.2 Å². The summed E-state index contributed by atoms with van der Waals surface area (Å²) in [6, 6.07) is 7.79. The Bertz CT molecular complexity index is 588. The van der Waals surface area contributed by atoms with Gasteiger partial charge >= 0.3 is 5.97 Å². The number of carbonyl (C=O) groups is 1. The first kappa shape index (κ1) is 13.4. The second-order valence-electron chi connectivity index (χ2n) is 3.86. The molecule has 1 aromatic carbocycles. The molecule has 0 spiro atoms. The molecule has 2 aromatic rings. The number of hydrogen-bond donors (Lipinski definition) is 1. The van der Waals surface area contributed by atoms with E-state index in [0.29, 0.717) is 6.42 Å². The van der Waals surface area contributed by atoms with Gasteiger partial charge in [-0.25, -0.2) is 0 Å². The normalized spacial score (nSPS) is 12.6. The van der Waals surface area contributed by atoms with Gasteiger partial charge in [-0.2, -0.15) is 0 Å². The van der Waals surface area contributed by atoms with E-state index in [1.165, 1.54) is 11.8 Å². The van der Waals surface area contributed by atoms with Gasteiger partial charge in [0, 0.05) is 21.0 Å². The average Bonchev–Trinajstić information content (AvgIpc) is 2.35. The molecule has 0 aliphatic rings. The number of pyridine rings is 1. The summed E-state index contributed by atoms with van der Waals surface area (Å²) in [5.41, 5.74) is 0.908. The summed E-state index contributed by atoms with van der Waals surface area (Å²) in [6.45, 7) is 1.88. The molecule has 3 nitrogen and oxygen atoms in total. The summed E-state index contributed by atoms with van der Waals surface area (Å²) in [5, 5.41) is 9.66. The molecule has 1 N–H and O–H groups in total. The van der Waals surface area contributed by atoms with Crippen molar-refractivity contribution in [2.75, 3.05) is 0 Å². The molecule has 0 radical (unpaired) electrons. The van der Waals surface area contributed by atoms with Crippen LogP contribution in [0.3, 0.4) is 0 Å². The van der Waals surface area contributed by atoms with Crippen LogP contribution >= 0.6 is 27.7 Å². The fourth-order valence-electron chi connectivity index (χ4n) is 1.63. The zero-order chi connectivity index (χ0) is 13.1. The van der Waals surface area contributed by atoms with Crippen LogP contribution in [0.15, 0.2) is 39.8 Å². The lowest BCUT2D eigenvalue weighted by atomic mass is 10.2. The Labute approximate surface area is 118 Å². The Morgan fingerprint density at radius 2 is 2.28 bits per heavy atom. The second-order valence-corrected chi connectivity index (χ2v) is 6.05. The summed E-state index contributed by atoms with van der Waals surface area (Å²) in [7, 11) is 0. The SMILES string of the molecule is CCC(Sc1ccc2ncc(Br)cc2c1)C(=O)O. The third-order valence-corrected chi connectivity index (χ3v) is 4.32. The molecule has 0 saturated carbocycles. The average molecular weight is 326 g/mol. The van der Waals surface area contributed by atoms with E-state index >= 15 is 0 Å². The molecule has 2 rings (SSSR count). The number of aliphatic carboxylic acids is 1. The molecule has 0 aliphatic heterocycles. The number of hydrogen-bond acceptors (Lipinski definition) is 3. The van der Waals surface area contributed by atoms with Crippen LogP contribution in [-0.4, -0.2) is 21.3 Å². The smallest absolute Gasteiger partial charge is 0.316 e. The highest BCUT2D eigenvalue weighted by atomic mass is 79.9. The monoisotopic (exact) mass is 325 g/mol. The maximum absolute atomic E-state index is 11.0. The minimum Gasteiger partial charge on any atom is -0.480 e. The van der Waals surface area contributed by atoms with E-state index in [-0.39, 0.29) is 0 Å². The molecule has 1 heterocycles. The number of nitrogens with zero attached hydrogens (tertiary/aromatic N) is 1. The predicted octanol–water partition coefficient (Wildman–Crippen LogP) is 3.95. The van der Waals surface area contributed by atoms with Gasteiger partial charge in [0.25, 0.3) is 0 Å². The first-order valence-corrected chi connectivity index (χ1v) is 7.22. The minimum atomic E-state index is -0.769. The van der Waals surface area contributed by atoms with Gasteiger partial charge in [0.1, 0.15) is 5.25 Å². The number of carboxylic acids is 1. The number of aromatic nitrogens is 1. The lowest BCUT2D eigenvalue weighted by Gasteiger charge is -2.09. The first-order chi connectivity index (χ1) is 8.60. The maximum Gasteiger partial charge on any atom is 0.316 e. The molecule has 94 valence electrons. The van der Waals surface area contributed by atoms with Crippen LogP contribution in [0.25, 0.3) is 10.9 Å². The fraction of sp³-hybridized carbons (Fsp3) is 0.231.